The Labute approximate surface area is 103 Å². The van der Waals surface area contributed by atoms with E-state index in [-0.39, 0.29) is 0 Å². The van der Waals surface area contributed by atoms with Crippen LogP contribution in [0.4, 0.5) is 0 Å². The molecule has 1 heterocycles. The third-order valence-electron chi connectivity index (χ3n) is 1.59. The van der Waals surface area contributed by atoms with Crippen LogP contribution in [0.5, 0.6) is 0 Å². The Bertz CT molecular complexity index is 518. The zero-order valence-corrected chi connectivity index (χ0v) is 11.2. The van der Waals surface area contributed by atoms with Crippen LogP contribution in [-0.2, 0) is 0 Å². The Morgan fingerprint density at radius 3 is 2.64 bits per heavy atom. The summed E-state index contributed by atoms with van der Waals surface area (Å²) in [6, 6.07) is 1.62. The predicted molar refractivity (Wildman–Crippen MR) is 59.4 cm³/mol. The SMILES string of the molecule is [O-][n+]1nnnc2c(Br)c(Br)c(Br)cc21. The summed E-state index contributed by atoms with van der Waals surface area (Å²) in [7, 11) is 0. The number of benzene rings is 1. The van der Waals surface area contributed by atoms with Gasteiger partial charge in [-0.3, -0.25) is 0 Å². The van der Waals surface area contributed by atoms with Gasteiger partial charge in [-0.2, -0.15) is 0 Å². The molecule has 0 unspecified atom stereocenters. The van der Waals surface area contributed by atoms with Gasteiger partial charge in [0, 0.05) is 15.0 Å². The fourth-order valence-corrected chi connectivity index (χ4v) is 2.44. The lowest BCUT2D eigenvalue weighted by atomic mass is 10.3. The maximum Gasteiger partial charge on any atom is 0.204 e. The largest absolute Gasteiger partial charge is 0.691 e. The van der Waals surface area contributed by atoms with Gasteiger partial charge in [-0.15, -0.1) is 4.85 Å². The molecule has 72 valence electrons. The summed E-state index contributed by atoms with van der Waals surface area (Å²) in [6.45, 7) is 0. The van der Waals surface area contributed by atoms with Crippen LogP contribution in [0.3, 0.4) is 0 Å². The van der Waals surface area contributed by atoms with E-state index in [0.717, 1.165) is 8.95 Å². The van der Waals surface area contributed by atoms with Crippen LogP contribution in [0.1, 0.15) is 0 Å². The molecule has 0 radical (unpaired) electrons. The van der Waals surface area contributed by atoms with Gasteiger partial charge in [0.1, 0.15) is 0 Å². The number of hydrogen-bond donors (Lipinski definition) is 0. The van der Waals surface area contributed by atoms with Crippen LogP contribution < -0.4 is 4.85 Å². The van der Waals surface area contributed by atoms with Crippen molar-refractivity contribution in [3.05, 3.63) is 24.7 Å². The number of rotatable bonds is 0. The van der Waals surface area contributed by atoms with Gasteiger partial charge in [-0.1, -0.05) is 0 Å². The summed E-state index contributed by atoms with van der Waals surface area (Å²) in [5.41, 5.74) is 0.812. The molecule has 0 N–H and O–H groups in total. The van der Waals surface area contributed by atoms with E-state index in [4.69, 9.17) is 0 Å². The maximum atomic E-state index is 11.2. The number of hydrogen-bond acceptors (Lipinski definition) is 4. The Hall–Kier alpha value is -0.340. The van der Waals surface area contributed by atoms with Crippen LogP contribution in [0, 0.1) is 5.21 Å². The Morgan fingerprint density at radius 2 is 1.93 bits per heavy atom. The van der Waals surface area contributed by atoms with Gasteiger partial charge in [0.2, 0.25) is 5.21 Å². The quantitative estimate of drug-likeness (QED) is 0.395. The molecule has 0 saturated heterocycles. The zero-order valence-electron chi connectivity index (χ0n) is 6.41. The second kappa shape index (κ2) is 3.67. The summed E-state index contributed by atoms with van der Waals surface area (Å²) in [4.78, 5) is 0.421. The molecule has 0 bridgehead atoms. The van der Waals surface area contributed by atoms with E-state index in [0.29, 0.717) is 20.4 Å². The van der Waals surface area contributed by atoms with Gasteiger partial charge in [0.25, 0.3) is 0 Å². The van der Waals surface area contributed by atoms with Crippen molar-refractivity contribution in [1.82, 2.24) is 15.5 Å². The number of fused-ring (bicyclic) bond motifs is 1. The zero-order chi connectivity index (χ0) is 10.3. The molecule has 0 spiro atoms. The van der Waals surface area contributed by atoms with E-state index >= 15 is 0 Å². The highest BCUT2D eigenvalue weighted by Crippen LogP contribution is 2.34. The first-order valence-corrected chi connectivity index (χ1v) is 5.75. The summed E-state index contributed by atoms with van der Waals surface area (Å²) in [5.74, 6) is 0. The van der Waals surface area contributed by atoms with E-state index in [1.165, 1.54) is 0 Å². The van der Waals surface area contributed by atoms with E-state index < -0.39 is 0 Å². The van der Waals surface area contributed by atoms with E-state index in [2.05, 4.69) is 63.3 Å². The van der Waals surface area contributed by atoms with Crippen molar-refractivity contribution >= 4 is 58.8 Å². The van der Waals surface area contributed by atoms with Gasteiger partial charge in [0.05, 0.1) is 4.47 Å². The van der Waals surface area contributed by atoms with Gasteiger partial charge >= 0.3 is 0 Å². The molecular formula is C6HBr3N4O. The van der Waals surface area contributed by atoms with Crippen molar-refractivity contribution in [3.8, 4) is 0 Å². The van der Waals surface area contributed by atoms with Crippen molar-refractivity contribution in [3.63, 3.8) is 0 Å². The molecule has 5 nitrogen and oxygen atoms in total. The van der Waals surface area contributed by atoms with Crippen LogP contribution in [-0.4, -0.2) is 15.5 Å². The third-order valence-corrected chi connectivity index (χ3v) is 4.87. The second-order valence-electron chi connectivity index (χ2n) is 2.41. The fourth-order valence-electron chi connectivity index (χ4n) is 0.963. The second-order valence-corrected chi connectivity index (χ2v) is 4.85. The average Bonchev–Trinajstić information content (AvgIpc) is 2.17. The average molecular weight is 385 g/mol. The molecule has 0 aliphatic rings. The Balaban J connectivity index is 2.98. The predicted octanol–water partition coefficient (Wildman–Crippen LogP) is 1.95. The standard InChI is InChI=1S/C6HBr3N4O/c7-2-1-3-6(5(9)4(2)8)10-11-12-13(3)14/h1H. The molecule has 0 aliphatic carbocycles. The van der Waals surface area contributed by atoms with Crippen molar-refractivity contribution in [1.29, 1.82) is 0 Å². The number of halogens is 3. The molecule has 0 atom stereocenters. The number of nitrogens with zero attached hydrogens (tertiary/aromatic N) is 4. The summed E-state index contributed by atoms with van der Waals surface area (Å²) >= 11 is 9.93. The van der Waals surface area contributed by atoms with Gasteiger partial charge in [-0.05, 0) is 52.9 Å². The minimum atomic E-state index is 0.349. The third kappa shape index (κ3) is 1.51. The monoisotopic (exact) mass is 382 g/mol. The van der Waals surface area contributed by atoms with Crippen LogP contribution in [0.15, 0.2) is 19.5 Å². The summed E-state index contributed by atoms with van der Waals surface area (Å²) in [5, 5.41) is 21.6. The first-order valence-electron chi connectivity index (χ1n) is 3.37. The minimum absolute atomic E-state index is 0.349. The molecular weight excluding hydrogens is 384 g/mol. The molecule has 1 aromatic carbocycles. The molecule has 1 aromatic heterocycles. The fraction of sp³-hybridized carbons (Fsp3) is 0. The lowest BCUT2D eigenvalue weighted by Gasteiger charge is -2.04. The van der Waals surface area contributed by atoms with Crippen molar-refractivity contribution in [2.75, 3.05) is 0 Å². The first kappa shape index (κ1) is 10.2. The van der Waals surface area contributed by atoms with Crippen molar-refractivity contribution < 1.29 is 4.85 Å². The molecule has 0 aliphatic heterocycles. The Morgan fingerprint density at radius 1 is 1.21 bits per heavy atom. The highest BCUT2D eigenvalue weighted by atomic mass is 79.9. The van der Waals surface area contributed by atoms with Gasteiger partial charge in [0.15, 0.2) is 16.2 Å². The maximum absolute atomic E-state index is 11.2. The lowest BCUT2D eigenvalue weighted by Crippen LogP contribution is -2.33. The van der Waals surface area contributed by atoms with Gasteiger partial charge in [-0.25, -0.2) is 0 Å². The van der Waals surface area contributed by atoms with Crippen molar-refractivity contribution in [2.45, 2.75) is 0 Å². The molecule has 0 fully saturated rings. The number of aromatic nitrogens is 4. The highest BCUT2D eigenvalue weighted by Gasteiger charge is 2.14. The molecule has 8 heteroatoms. The molecule has 0 amide bonds. The topological polar surface area (TPSA) is 65.6 Å². The molecule has 0 saturated carbocycles. The van der Waals surface area contributed by atoms with Crippen LogP contribution in [0.2, 0.25) is 0 Å². The highest BCUT2D eigenvalue weighted by molar-refractivity contribution is 9.14. The van der Waals surface area contributed by atoms with Crippen molar-refractivity contribution in [2.24, 2.45) is 0 Å². The van der Waals surface area contributed by atoms with Crippen LogP contribution >= 0.6 is 47.8 Å². The molecule has 2 aromatic rings. The lowest BCUT2D eigenvalue weighted by molar-refractivity contribution is -0.649. The minimum Gasteiger partial charge on any atom is -0.691 e. The Kier molecular flexibility index (Phi) is 2.67. The molecule has 14 heavy (non-hydrogen) atoms. The van der Waals surface area contributed by atoms with E-state index in [1.807, 2.05) is 0 Å². The molecule has 2 rings (SSSR count). The normalized spacial score (nSPS) is 10.8. The smallest absolute Gasteiger partial charge is 0.204 e. The summed E-state index contributed by atoms with van der Waals surface area (Å²) in [6.07, 6.45) is 0. The summed E-state index contributed by atoms with van der Waals surface area (Å²) < 4.78 is 2.20. The van der Waals surface area contributed by atoms with E-state index in [1.54, 1.807) is 6.07 Å². The van der Waals surface area contributed by atoms with Crippen LogP contribution in [0.25, 0.3) is 11.0 Å². The first-order chi connectivity index (χ1) is 6.61. The van der Waals surface area contributed by atoms with Gasteiger partial charge < -0.3 is 5.21 Å². The van der Waals surface area contributed by atoms with E-state index in [9.17, 15) is 5.21 Å².